The third-order valence-corrected chi connectivity index (χ3v) is 4.28. The highest BCUT2D eigenvalue weighted by Gasteiger charge is 2.55. The first-order chi connectivity index (χ1) is 8.67. The van der Waals surface area contributed by atoms with Crippen molar-refractivity contribution in [3.63, 3.8) is 0 Å². The average molecular weight is 250 g/mol. The van der Waals surface area contributed by atoms with E-state index in [-0.39, 0.29) is 6.61 Å². The number of fused-ring (bicyclic) bond motifs is 1. The van der Waals surface area contributed by atoms with Crippen LogP contribution in [0.1, 0.15) is 11.5 Å². The molecule has 3 atom stereocenters. The number of piperidine rings is 1. The van der Waals surface area contributed by atoms with Crippen molar-refractivity contribution >= 4 is 0 Å². The Bertz CT molecular complexity index is 404. The van der Waals surface area contributed by atoms with Gasteiger partial charge in [-0.3, -0.25) is 4.90 Å². The largest absolute Gasteiger partial charge is 0.462 e. The molecule has 1 unspecified atom stereocenters. The highest BCUT2D eigenvalue weighted by molar-refractivity contribution is 5.10. The van der Waals surface area contributed by atoms with Crippen LogP contribution in [0.2, 0.25) is 0 Å². The van der Waals surface area contributed by atoms with E-state index in [1.54, 1.807) is 0 Å². The van der Waals surface area contributed by atoms with Crippen LogP contribution in [-0.4, -0.2) is 48.6 Å². The zero-order valence-corrected chi connectivity index (χ0v) is 11.2. The molecule has 3 rings (SSSR count). The van der Waals surface area contributed by atoms with Crippen LogP contribution in [0.25, 0.3) is 0 Å². The molecular weight excluding hydrogens is 228 g/mol. The molecule has 1 aliphatic carbocycles. The zero-order chi connectivity index (χ0) is 12.7. The molecule has 0 amide bonds. The molecule has 0 bridgehead atoms. The summed E-state index contributed by atoms with van der Waals surface area (Å²) in [5.41, 5.74) is 0. The van der Waals surface area contributed by atoms with Gasteiger partial charge in [-0.15, -0.1) is 0 Å². The number of hydrogen-bond acceptors (Lipinski definition) is 4. The minimum atomic E-state index is -0.00381. The van der Waals surface area contributed by atoms with Gasteiger partial charge in [-0.1, -0.05) is 0 Å². The van der Waals surface area contributed by atoms with Gasteiger partial charge in [-0.25, -0.2) is 0 Å². The molecule has 1 aromatic rings. The van der Waals surface area contributed by atoms with Crippen LogP contribution < -0.4 is 0 Å². The summed E-state index contributed by atoms with van der Waals surface area (Å²) in [6.07, 6.45) is 0. The summed E-state index contributed by atoms with van der Waals surface area (Å²) in [5.74, 6) is 4.37. The lowest BCUT2D eigenvalue weighted by Gasteiger charge is -2.19. The Morgan fingerprint density at radius 1 is 1.28 bits per heavy atom. The fraction of sp³-hybridized carbons (Fsp3) is 0.714. The van der Waals surface area contributed by atoms with Crippen molar-refractivity contribution in [1.82, 2.24) is 9.80 Å². The van der Waals surface area contributed by atoms with Crippen molar-refractivity contribution in [2.45, 2.75) is 13.2 Å². The minimum absolute atomic E-state index is 0.00381. The van der Waals surface area contributed by atoms with Gasteiger partial charge < -0.3 is 14.4 Å². The second-order valence-corrected chi connectivity index (χ2v) is 5.97. The van der Waals surface area contributed by atoms with Crippen molar-refractivity contribution in [2.75, 3.05) is 33.7 Å². The van der Waals surface area contributed by atoms with E-state index >= 15 is 0 Å². The molecule has 18 heavy (non-hydrogen) atoms. The first-order valence-electron chi connectivity index (χ1n) is 6.73. The highest BCUT2D eigenvalue weighted by Crippen LogP contribution is 2.52. The van der Waals surface area contributed by atoms with Crippen molar-refractivity contribution in [2.24, 2.45) is 17.8 Å². The number of likely N-dealkylation sites (tertiary alicyclic amines) is 1. The molecule has 4 nitrogen and oxygen atoms in total. The van der Waals surface area contributed by atoms with Gasteiger partial charge in [0.1, 0.15) is 18.1 Å². The Labute approximate surface area is 108 Å². The summed E-state index contributed by atoms with van der Waals surface area (Å²) in [6, 6.07) is 3.84. The Hall–Kier alpha value is -0.840. The number of furan rings is 1. The van der Waals surface area contributed by atoms with E-state index in [1.807, 2.05) is 12.1 Å². The van der Waals surface area contributed by atoms with E-state index in [9.17, 15) is 0 Å². The molecule has 0 aromatic carbocycles. The molecular formula is C14H22N2O2. The van der Waals surface area contributed by atoms with E-state index in [4.69, 9.17) is 9.52 Å². The molecule has 0 radical (unpaired) electrons. The van der Waals surface area contributed by atoms with Crippen LogP contribution in [0.3, 0.4) is 0 Å². The molecule has 0 spiro atoms. The number of hydrogen-bond donors (Lipinski definition) is 1. The second kappa shape index (κ2) is 4.68. The Kier molecular flexibility index (Phi) is 3.18. The summed E-state index contributed by atoms with van der Waals surface area (Å²) in [4.78, 5) is 4.77. The molecule has 1 N–H and O–H groups in total. The van der Waals surface area contributed by atoms with Crippen molar-refractivity contribution in [3.8, 4) is 0 Å². The van der Waals surface area contributed by atoms with E-state index in [0.29, 0.717) is 5.76 Å². The van der Waals surface area contributed by atoms with Gasteiger partial charge in [0.15, 0.2) is 0 Å². The number of rotatable bonds is 5. The molecule has 2 heterocycles. The smallest absolute Gasteiger partial charge is 0.129 e. The van der Waals surface area contributed by atoms with Gasteiger partial charge in [-0.05, 0) is 44.0 Å². The predicted octanol–water partition coefficient (Wildman–Crippen LogP) is 1.01. The van der Waals surface area contributed by atoms with E-state index in [1.165, 1.54) is 19.6 Å². The standard InChI is InChI=1S/C14H22N2O2/c1-15(2)6-12-13-7-16(8-14(12)13)5-10-3-4-11(9-17)18-10/h3-4,12-14,17H,5-9H2,1-2H3/t12?,13-,14+. The van der Waals surface area contributed by atoms with Crippen LogP contribution in [0.4, 0.5) is 0 Å². The number of aliphatic hydroxyl groups is 1. The fourth-order valence-electron chi connectivity index (χ4n) is 3.37. The third-order valence-electron chi connectivity index (χ3n) is 4.28. The van der Waals surface area contributed by atoms with Crippen LogP contribution in [0.5, 0.6) is 0 Å². The van der Waals surface area contributed by atoms with Crippen LogP contribution in [-0.2, 0) is 13.2 Å². The molecule has 1 aromatic heterocycles. The lowest BCUT2D eigenvalue weighted by Crippen LogP contribution is -2.27. The summed E-state index contributed by atoms with van der Waals surface area (Å²) in [7, 11) is 4.32. The monoisotopic (exact) mass is 250 g/mol. The maximum atomic E-state index is 8.97. The molecule has 2 fully saturated rings. The van der Waals surface area contributed by atoms with Crippen molar-refractivity contribution < 1.29 is 9.52 Å². The van der Waals surface area contributed by atoms with E-state index < -0.39 is 0 Å². The summed E-state index contributed by atoms with van der Waals surface area (Å²) in [6.45, 7) is 4.53. The van der Waals surface area contributed by atoms with Gasteiger partial charge in [0.05, 0.1) is 6.54 Å². The Balaban J connectivity index is 1.48. The maximum absolute atomic E-state index is 8.97. The molecule has 4 heteroatoms. The summed E-state index contributed by atoms with van der Waals surface area (Å²) < 4.78 is 5.54. The lowest BCUT2D eigenvalue weighted by molar-refractivity contribution is 0.219. The first kappa shape index (κ1) is 12.2. The minimum Gasteiger partial charge on any atom is -0.462 e. The SMILES string of the molecule is CN(C)CC1[C@H]2CN(Cc3ccc(CO)o3)C[C@@H]12. The first-order valence-corrected chi connectivity index (χ1v) is 6.73. The van der Waals surface area contributed by atoms with Crippen LogP contribution >= 0.6 is 0 Å². The van der Waals surface area contributed by atoms with Gasteiger partial charge >= 0.3 is 0 Å². The van der Waals surface area contributed by atoms with Crippen molar-refractivity contribution in [3.05, 3.63) is 23.7 Å². The predicted molar refractivity (Wildman–Crippen MR) is 68.9 cm³/mol. The van der Waals surface area contributed by atoms with E-state index in [0.717, 1.165) is 30.1 Å². The molecule has 1 saturated heterocycles. The quantitative estimate of drug-likeness (QED) is 0.846. The lowest BCUT2D eigenvalue weighted by atomic mass is 10.2. The third kappa shape index (κ3) is 2.32. The Morgan fingerprint density at radius 3 is 2.50 bits per heavy atom. The van der Waals surface area contributed by atoms with Gasteiger partial charge in [0, 0.05) is 19.6 Å². The highest BCUT2D eigenvalue weighted by atomic mass is 16.4. The van der Waals surface area contributed by atoms with Crippen molar-refractivity contribution in [1.29, 1.82) is 0 Å². The van der Waals surface area contributed by atoms with Gasteiger partial charge in [0.25, 0.3) is 0 Å². The normalized spacial score (nSPS) is 31.0. The van der Waals surface area contributed by atoms with Crippen LogP contribution in [0, 0.1) is 17.8 Å². The average Bonchev–Trinajstić information content (AvgIpc) is 2.75. The fourth-order valence-corrected chi connectivity index (χ4v) is 3.37. The molecule has 2 aliphatic rings. The number of nitrogens with zero attached hydrogens (tertiary/aromatic N) is 2. The van der Waals surface area contributed by atoms with E-state index in [2.05, 4.69) is 23.9 Å². The topological polar surface area (TPSA) is 39.9 Å². The Morgan fingerprint density at radius 2 is 1.94 bits per heavy atom. The van der Waals surface area contributed by atoms with Gasteiger partial charge in [-0.2, -0.15) is 0 Å². The van der Waals surface area contributed by atoms with Gasteiger partial charge in [0.2, 0.25) is 0 Å². The molecule has 1 saturated carbocycles. The summed E-state index contributed by atoms with van der Waals surface area (Å²) in [5, 5.41) is 8.97. The molecule has 100 valence electrons. The number of aliphatic hydroxyl groups excluding tert-OH is 1. The maximum Gasteiger partial charge on any atom is 0.129 e. The zero-order valence-electron chi connectivity index (χ0n) is 11.2. The molecule has 1 aliphatic heterocycles. The van der Waals surface area contributed by atoms with Crippen LogP contribution in [0.15, 0.2) is 16.5 Å². The second-order valence-electron chi connectivity index (χ2n) is 5.97. The summed E-state index contributed by atoms with van der Waals surface area (Å²) >= 11 is 0.